The first-order valence-corrected chi connectivity index (χ1v) is 11.3. The van der Waals surface area contributed by atoms with Gasteiger partial charge in [0, 0.05) is 5.02 Å². The SMILES string of the molecule is Cc1ccc(/C=N\NC(=O)CN(c2ccc(C)c(Cl)c2)S(=O)(=O)c2ccccc2)cc1. The molecule has 3 rings (SSSR count). The summed E-state index contributed by atoms with van der Waals surface area (Å²) in [4.78, 5) is 12.6. The molecule has 0 fully saturated rings. The molecule has 0 bridgehead atoms. The van der Waals surface area contributed by atoms with Crippen LogP contribution in [0.2, 0.25) is 5.02 Å². The normalized spacial score (nSPS) is 11.5. The highest BCUT2D eigenvalue weighted by atomic mass is 35.5. The molecule has 8 heteroatoms. The molecule has 0 aliphatic carbocycles. The number of carbonyl (C=O) groups excluding carboxylic acids is 1. The van der Waals surface area contributed by atoms with Crippen LogP contribution in [0.5, 0.6) is 0 Å². The van der Waals surface area contributed by atoms with Gasteiger partial charge in [-0.05, 0) is 49.2 Å². The second-order valence-electron chi connectivity index (χ2n) is 6.96. The topological polar surface area (TPSA) is 78.8 Å². The van der Waals surface area contributed by atoms with E-state index in [9.17, 15) is 13.2 Å². The van der Waals surface area contributed by atoms with Crippen molar-refractivity contribution in [3.8, 4) is 0 Å². The van der Waals surface area contributed by atoms with E-state index in [1.54, 1.807) is 30.3 Å². The lowest BCUT2D eigenvalue weighted by Gasteiger charge is -2.24. The summed E-state index contributed by atoms with van der Waals surface area (Å²) >= 11 is 6.21. The molecule has 0 saturated heterocycles. The number of carbonyl (C=O) groups is 1. The minimum absolute atomic E-state index is 0.0719. The minimum atomic E-state index is -4.00. The van der Waals surface area contributed by atoms with Gasteiger partial charge >= 0.3 is 0 Å². The van der Waals surface area contributed by atoms with E-state index in [4.69, 9.17) is 11.6 Å². The zero-order chi connectivity index (χ0) is 22.4. The van der Waals surface area contributed by atoms with Gasteiger partial charge < -0.3 is 0 Å². The molecule has 3 aromatic carbocycles. The molecule has 1 amide bonds. The summed E-state index contributed by atoms with van der Waals surface area (Å²) in [5, 5.41) is 4.34. The van der Waals surface area contributed by atoms with Gasteiger partial charge in [0.15, 0.2) is 0 Å². The monoisotopic (exact) mass is 455 g/mol. The van der Waals surface area contributed by atoms with Crippen LogP contribution in [-0.2, 0) is 14.8 Å². The van der Waals surface area contributed by atoms with Gasteiger partial charge in [-0.25, -0.2) is 13.8 Å². The molecule has 0 unspecified atom stereocenters. The molecule has 0 atom stereocenters. The van der Waals surface area contributed by atoms with E-state index in [1.165, 1.54) is 24.4 Å². The molecule has 3 aromatic rings. The molecule has 0 heterocycles. The Morgan fingerprint density at radius 2 is 1.71 bits per heavy atom. The maximum absolute atomic E-state index is 13.3. The lowest BCUT2D eigenvalue weighted by Crippen LogP contribution is -2.39. The second-order valence-corrected chi connectivity index (χ2v) is 9.23. The van der Waals surface area contributed by atoms with Gasteiger partial charge in [-0.2, -0.15) is 5.10 Å². The van der Waals surface area contributed by atoms with Crippen LogP contribution in [0.3, 0.4) is 0 Å². The highest BCUT2D eigenvalue weighted by Gasteiger charge is 2.27. The lowest BCUT2D eigenvalue weighted by atomic mass is 10.2. The highest BCUT2D eigenvalue weighted by Crippen LogP contribution is 2.27. The van der Waals surface area contributed by atoms with E-state index in [1.807, 2.05) is 38.1 Å². The Balaban J connectivity index is 1.85. The van der Waals surface area contributed by atoms with Crippen molar-refractivity contribution in [2.75, 3.05) is 10.8 Å². The van der Waals surface area contributed by atoms with Crippen LogP contribution in [0.25, 0.3) is 0 Å². The summed E-state index contributed by atoms with van der Waals surface area (Å²) in [7, 11) is -4.00. The Kier molecular flexibility index (Phi) is 7.09. The first-order chi connectivity index (χ1) is 14.8. The molecule has 0 saturated carbocycles. The second kappa shape index (κ2) is 9.76. The van der Waals surface area contributed by atoms with Gasteiger partial charge in [-0.3, -0.25) is 9.10 Å². The molecule has 0 aromatic heterocycles. The van der Waals surface area contributed by atoms with E-state index in [-0.39, 0.29) is 10.6 Å². The van der Waals surface area contributed by atoms with Gasteiger partial charge in [0.1, 0.15) is 6.54 Å². The maximum atomic E-state index is 13.3. The van der Waals surface area contributed by atoms with Crippen LogP contribution < -0.4 is 9.73 Å². The minimum Gasteiger partial charge on any atom is -0.271 e. The van der Waals surface area contributed by atoms with Crippen molar-refractivity contribution < 1.29 is 13.2 Å². The predicted molar refractivity (Wildman–Crippen MR) is 124 cm³/mol. The number of rotatable bonds is 7. The molecule has 160 valence electrons. The molecule has 6 nitrogen and oxygen atoms in total. The van der Waals surface area contributed by atoms with E-state index in [0.29, 0.717) is 5.02 Å². The third-order valence-electron chi connectivity index (χ3n) is 4.54. The number of benzene rings is 3. The largest absolute Gasteiger partial charge is 0.271 e. The van der Waals surface area contributed by atoms with Crippen molar-refractivity contribution in [1.29, 1.82) is 0 Å². The van der Waals surface area contributed by atoms with Crippen molar-refractivity contribution in [2.24, 2.45) is 5.10 Å². The molecule has 1 N–H and O–H groups in total. The van der Waals surface area contributed by atoms with Crippen molar-refractivity contribution in [1.82, 2.24) is 5.43 Å². The van der Waals surface area contributed by atoms with Crippen LogP contribution in [0.15, 0.2) is 82.8 Å². The van der Waals surface area contributed by atoms with E-state index >= 15 is 0 Å². The van der Waals surface area contributed by atoms with E-state index in [0.717, 1.165) is 21.0 Å². The standard InChI is InChI=1S/C23H22ClN3O3S/c1-17-8-11-19(12-9-17)15-25-26-23(28)16-27(20-13-10-18(2)22(24)14-20)31(29,30)21-6-4-3-5-7-21/h3-15H,16H2,1-2H3,(H,26,28)/b25-15-. The van der Waals surface area contributed by atoms with Crippen molar-refractivity contribution in [3.05, 3.63) is 94.5 Å². The average molecular weight is 456 g/mol. The van der Waals surface area contributed by atoms with Gasteiger partial charge in [-0.1, -0.05) is 65.7 Å². The number of amides is 1. The summed E-state index contributed by atoms with van der Waals surface area (Å²) < 4.78 is 27.5. The van der Waals surface area contributed by atoms with Crippen molar-refractivity contribution in [2.45, 2.75) is 18.7 Å². The average Bonchev–Trinajstić information content (AvgIpc) is 2.76. The fourth-order valence-electron chi connectivity index (χ4n) is 2.77. The first kappa shape index (κ1) is 22.5. The lowest BCUT2D eigenvalue weighted by molar-refractivity contribution is -0.119. The number of halogens is 1. The van der Waals surface area contributed by atoms with Crippen molar-refractivity contribution >= 4 is 39.4 Å². The summed E-state index contributed by atoms with van der Waals surface area (Å²) in [5.74, 6) is -0.584. The van der Waals surface area contributed by atoms with Gasteiger partial charge in [0.25, 0.3) is 15.9 Å². The Hall–Kier alpha value is -3.16. The molecule has 0 spiro atoms. The van der Waals surface area contributed by atoms with Crippen LogP contribution in [0.4, 0.5) is 5.69 Å². The molecule has 0 aliphatic heterocycles. The summed E-state index contributed by atoms with van der Waals surface area (Å²) in [6.07, 6.45) is 1.50. The van der Waals surface area contributed by atoms with Crippen LogP contribution in [0.1, 0.15) is 16.7 Å². The van der Waals surface area contributed by atoms with Crippen molar-refractivity contribution in [3.63, 3.8) is 0 Å². The summed E-state index contributed by atoms with van der Waals surface area (Å²) in [6.45, 7) is 3.33. The summed E-state index contributed by atoms with van der Waals surface area (Å²) in [6, 6.07) is 20.4. The third-order valence-corrected chi connectivity index (χ3v) is 6.74. The Labute approximate surface area is 187 Å². The quantitative estimate of drug-likeness (QED) is 0.426. The predicted octanol–water partition coefficient (Wildman–Crippen LogP) is 4.30. The highest BCUT2D eigenvalue weighted by molar-refractivity contribution is 7.92. The molecule has 0 radical (unpaired) electrons. The fourth-order valence-corrected chi connectivity index (χ4v) is 4.38. The van der Waals surface area contributed by atoms with E-state index in [2.05, 4.69) is 10.5 Å². The number of hydrogen-bond donors (Lipinski definition) is 1. The maximum Gasteiger partial charge on any atom is 0.264 e. The Bertz CT molecular complexity index is 1190. The Morgan fingerprint density at radius 1 is 1.03 bits per heavy atom. The smallest absolute Gasteiger partial charge is 0.264 e. The number of anilines is 1. The molecular formula is C23H22ClN3O3S. The third kappa shape index (κ3) is 5.71. The number of nitrogens with one attached hydrogen (secondary N) is 1. The number of sulfonamides is 1. The van der Waals surface area contributed by atoms with Gasteiger partial charge in [0.05, 0.1) is 16.8 Å². The molecular weight excluding hydrogens is 434 g/mol. The van der Waals surface area contributed by atoms with Crippen LogP contribution in [0, 0.1) is 13.8 Å². The van der Waals surface area contributed by atoms with Crippen LogP contribution in [-0.4, -0.2) is 27.1 Å². The fraction of sp³-hybridized carbons (Fsp3) is 0.130. The molecule has 0 aliphatic rings. The first-order valence-electron chi connectivity index (χ1n) is 9.50. The summed E-state index contributed by atoms with van der Waals surface area (Å²) in [5.41, 5.74) is 5.40. The van der Waals surface area contributed by atoms with Crippen LogP contribution >= 0.6 is 11.6 Å². The number of hydrazone groups is 1. The number of nitrogens with zero attached hydrogens (tertiary/aromatic N) is 2. The van der Waals surface area contributed by atoms with Gasteiger partial charge in [0.2, 0.25) is 0 Å². The zero-order valence-electron chi connectivity index (χ0n) is 17.1. The number of hydrogen-bond acceptors (Lipinski definition) is 4. The zero-order valence-corrected chi connectivity index (χ0v) is 18.7. The van der Waals surface area contributed by atoms with E-state index < -0.39 is 22.5 Å². The molecule has 31 heavy (non-hydrogen) atoms. The number of aryl methyl sites for hydroxylation is 2. The Morgan fingerprint density at radius 3 is 2.35 bits per heavy atom. The van der Waals surface area contributed by atoms with Gasteiger partial charge in [-0.15, -0.1) is 0 Å².